The maximum absolute atomic E-state index is 13.3. The number of rotatable bonds is 7. The molecule has 27 heavy (non-hydrogen) atoms. The number of hydrogen-bond acceptors (Lipinski definition) is 5. The van der Waals surface area contributed by atoms with Crippen molar-refractivity contribution in [2.45, 2.75) is 38.6 Å². The predicted octanol–water partition coefficient (Wildman–Crippen LogP) is 2.04. The van der Waals surface area contributed by atoms with E-state index in [4.69, 9.17) is 0 Å². The van der Waals surface area contributed by atoms with Gasteiger partial charge in [-0.1, -0.05) is 31.9 Å². The van der Waals surface area contributed by atoms with Crippen LogP contribution in [-0.4, -0.2) is 42.0 Å². The van der Waals surface area contributed by atoms with Crippen molar-refractivity contribution in [3.8, 4) is 0 Å². The van der Waals surface area contributed by atoms with Gasteiger partial charge in [0.15, 0.2) is 0 Å². The Kier molecular flexibility index (Phi) is 6.49. The number of imide groups is 2. The summed E-state index contributed by atoms with van der Waals surface area (Å²) in [6, 6.07) is 4.54. The Bertz CT molecular complexity index is 737. The monoisotopic (exact) mass is 379 g/mol. The molecule has 0 unspecified atom stereocenters. The van der Waals surface area contributed by atoms with Gasteiger partial charge < -0.3 is 10.1 Å². The molecule has 1 fully saturated rings. The number of urea groups is 1. The minimum Gasteiger partial charge on any atom is -0.450 e. The number of amides is 5. The number of ether oxygens (including phenoxy) is 1. The Balaban J connectivity index is 2.24. The zero-order valence-corrected chi connectivity index (χ0v) is 15.2. The highest BCUT2D eigenvalue weighted by molar-refractivity contribution is 6.10. The number of halogens is 1. The molecule has 5 amide bonds. The molecule has 1 atom stereocenters. The Hall–Kier alpha value is -2.97. The number of benzene rings is 1. The Morgan fingerprint density at radius 3 is 2.48 bits per heavy atom. The molecule has 0 bridgehead atoms. The van der Waals surface area contributed by atoms with Crippen LogP contribution in [0.2, 0.25) is 0 Å². The molecule has 1 aromatic rings. The van der Waals surface area contributed by atoms with Gasteiger partial charge >= 0.3 is 12.1 Å². The molecule has 1 aliphatic rings. The minimum atomic E-state index is -1.37. The molecule has 146 valence electrons. The highest BCUT2D eigenvalue weighted by Gasteiger charge is 2.52. The van der Waals surface area contributed by atoms with E-state index in [1.54, 1.807) is 6.92 Å². The SMILES string of the molecule is CCCC[C@@]1(c2ccc(F)cc2)NC(=O)N(CC(=O)NC(=O)OCC)C1=O. The zero-order chi connectivity index (χ0) is 20.0. The maximum atomic E-state index is 13.3. The van der Waals surface area contributed by atoms with Gasteiger partial charge in [-0.2, -0.15) is 0 Å². The highest BCUT2D eigenvalue weighted by atomic mass is 19.1. The molecule has 0 saturated carbocycles. The molecule has 8 nitrogen and oxygen atoms in total. The van der Waals surface area contributed by atoms with E-state index >= 15 is 0 Å². The third kappa shape index (κ3) is 4.42. The minimum absolute atomic E-state index is 0.0763. The summed E-state index contributed by atoms with van der Waals surface area (Å²) >= 11 is 0. The molecule has 9 heteroatoms. The largest absolute Gasteiger partial charge is 0.450 e. The summed E-state index contributed by atoms with van der Waals surface area (Å²) in [7, 11) is 0. The Labute approximate surface area is 156 Å². The van der Waals surface area contributed by atoms with Crippen LogP contribution < -0.4 is 10.6 Å². The first-order valence-electron chi connectivity index (χ1n) is 8.70. The molecule has 0 aliphatic carbocycles. The van der Waals surface area contributed by atoms with Crippen molar-refractivity contribution in [1.29, 1.82) is 0 Å². The summed E-state index contributed by atoms with van der Waals surface area (Å²) in [4.78, 5) is 49.4. The second-order valence-corrected chi connectivity index (χ2v) is 6.11. The van der Waals surface area contributed by atoms with Gasteiger partial charge in [0.25, 0.3) is 5.91 Å². The third-order valence-electron chi connectivity index (χ3n) is 4.24. The van der Waals surface area contributed by atoms with Crippen LogP contribution in [0.5, 0.6) is 0 Å². The van der Waals surface area contributed by atoms with E-state index < -0.39 is 41.8 Å². The average molecular weight is 379 g/mol. The molecule has 1 aliphatic heterocycles. The van der Waals surface area contributed by atoms with Crippen LogP contribution in [0.25, 0.3) is 0 Å². The summed E-state index contributed by atoms with van der Waals surface area (Å²) in [5, 5.41) is 4.58. The fourth-order valence-corrected chi connectivity index (χ4v) is 2.92. The molecule has 1 aromatic carbocycles. The lowest BCUT2D eigenvalue weighted by Gasteiger charge is -2.27. The normalized spacial score (nSPS) is 19.0. The topological polar surface area (TPSA) is 105 Å². The first kappa shape index (κ1) is 20.3. The molecule has 0 spiro atoms. The lowest BCUT2D eigenvalue weighted by molar-refractivity contribution is -0.135. The van der Waals surface area contributed by atoms with E-state index in [0.29, 0.717) is 18.4 Å². The Morgan fingerprint density at radius 1 is 1.22 bits per heavy atom. The summed E-state index contributed by atoms with van der Waals surface area (Å²) in [6.07, 6.45) is 0.752. The van der Waals surface area contributed by atoms with E-state index in [1.165, 1.54) is 24.3 Å². The maximum Gasteiger partial charge on any atom is 0.413 e. The molecular formula is C18H22FN3O5. The van der Waals surface area contributed by atoms with Crippen LogP contribution in [0.15, 0.2) is 24.3 Å². The number of nitrogens with one attached hydrogen (secondary N) is 2. The molecule has 2 rings (SSSR count). The summed E-state index contributed by atoms with van der Waals surface area (Å²) in [5.74, 6) is -1.93. The first-order valence-corrected chi connectivity index (χ1v) is 8.70. The highest BCUT2D eigenvalue weighted by Crippen LogP contribution is 2.34. The molecule has 1 saturated heterocycles. The van der Waals surface area contributed by atoms with Gasteiger partial charge in [0.1, 0.15) is 17.9 Å². The van der Waals surface area contributed by atoms with Crippen molar-refractivity contribution in [2.75, 3.05) is 13.2 Å². The summed E-state index contributed by atoms with van der Waals surface area (Å²) in [6.45, 7) is 2.96. The van der Waals surface area contributed by atoms with Crippen LogP contribution in [0.4, 0.5) is 14.0 Å². The third-order valence-corrected chi connectivity index (χ3v) is 4.24. The van der Waals surface area contributed by atoms with Crippen LogP contribution in [0.1, 0.15) is 38.7 Å². The van der Waals surface area contributed by atoms with E-state index in [2.05, 4.69) is 10.1 Å². The molecule has 1 heterocycles. The van der Waals surface area contributed by atoms with Crippen LogP contribution in [-0.2, 0) is 19.9 Å². The quantitative estimate of drug-likeness (QED) is 0.706. The van der Waals surface area contributed by atoms with Gasteiger partial charge in [0.2, 0.25) is 5.91 Å². The van der Waals surface area contributed by atoms with Gasteiger partial charge in [0.05, 0.1) is 6.61 Å². The van der Waals surface area contributed by atoms with Crippen molar-refractivity contribution < 1.29 is 28.3 Å². The number of alkyl carbamates (subject to hydrolysis) is 1. The fourth-order valence-electron chi connectivity index (χ4n) is 2.92. The standard InChI is InChI=1S/C18H22FN3O5/c1-3-5-10-18(12-6-8-13(19)9-7-12)15(24)22(16(25)21-18)11-14(23)20-17(26)27-4-2/h6-9H,3-5,10-11H2,1-2H3,(H,21,25)(H,20,23,26)/t18-/m0/s1. The second kappa shape index (κ2) is 8.61. The summed E-state index contributed by atoms with van der Waals surface area (Å²) < 4.78 is 17.9. The van der Waals surface area contributed by atoms with Crippen LogP contribution in [0.3, 0.4) is 0 Å². The number of nitrogens with zero attached hydrogens (tertiary/aromatic N) is 1. The first-order chi connectivity index (χ1) is 12.8. The lowest BCUT2D eigenvalue weighted by Crippen LogP contribution is -2.46. The predicted molar refractivity (Wildman–Crippen MR) is 93.0 cm³/mol. The van der Waals surface area contributed by atoms with Crippen LogP contribution >= 0.6 is 0 Å². The van der Waals surface area contributed by atoms with Gasteiger partial charge in [-0.15, -0.1) is 0 Å². The lowest BCUT2D eigenvalue weighted by atomic mass is 9.85. The Morgan fingerprint density at radius 2 is 1.89 bits per heavy atom. The van der Waals surface area contributed by atoms with Gasteiger partial charge in [0, 0.05) is 0 Å². The van der Waals surface area contributed by atoms with E-state index in [-0.39, 0.29) is 6.61 Å². The zero-order valence-electron chi connectivity index (χ0n) is 15.2. The van der Waals surface area contributed by atoms with E-state index in [1.807, 2.05) is 12.2 Å². The molecule has 0 radical (unpaired) electrons. The molecule has 2 N–H and O–H groups in total. The second-order valence-electron chi connectivity index (χ2n) is 6.11. The number of hydrogen-bond donors (Lipinski definition) is 2. The fraction of sp³-hybridized carbons (Fsp3) is 0.444. The van der Waals surface area contributed by atoms with Crippen LogP contribution in [0, 0.1) is 5.82 Å². The van der Waals surface area contributed by atoms with Crippen molar-refractivity contribution in [1.82, 2.24) is 15.5 Å². The molecule has 0 aromatic heterocycles. The van der Waals surface area contributed by atoms with Crippen molar-refractivity contribution >= 4 is 23.9 Å². The molecular weight excluding hydrogens is 357 g/mol. The number of carbonyl (C=O) groups is 4. The van der Waals surface area contributed by atoms with Gasteiger partial charge in [-0.3, -0.25) is 19.8 Å². The van der Waals surface area contributed by atoms with E-state index in [9.17, 15) is 23.6 Å². The van der Waals surface area contributed by atoms with Crippen molar-refractivity contribution in [3.05, 3.63) is 35.6 Å². The van der Waals surface area contributed by atoms with Gasteiger partial charge in [-0.05, 0) is 31.0 Å². The van der Waals surface area contributed by atoms with E-state index in [0.717, 1.165) is 11.3 Å². The van der Waals surface area contributed by atoms with Gasteiger partial charge in [-0.25, -0.2) is 14.0 Å². The van der Waals surface area contributed by atoms with Crippen molar-refractivity contribution in [2.24, 2.45) is 0 Å². The number of unbranched alkanes of at least 4 members (excludes halogenated alkanes) is 1. The smallest absolute Gasteiger partial charge is 0.413 e. The number of carbonyl (C=O) groups excluding carboxylic acids is 4. The summed E-state index contributed by atoms with van der Waals surface area (Å²) in [5.41, 5.74) is -0.936. The average Bonchev–Trinajstić information content (AvgIpc) is 2.86. The van der Waals surface area contributed by atoms with Crippen molar-refractivity contribution in [3.63, 3.8) is 0 Å².